The largest absolute Gasteiger partial charge is 0.394 e. The Morgan fingerprint density at radius 3 is 2.75 bits per heavy atom. The fourth-order valence-electron chi connectivity index (χ4n) is 1.28. The molecule has 1 aromatic rings. The van der Waals surface area contributed by atoms with E-state index < -0.39 is 11.4 Å². The lowest BCUT2D eigenvalue weighted by Crippen LogP contribution is -2.38. The SMILES string of the molecule is CCC(C)(CO)Nc1ccc(F)cc1C#N. The third-order valence-electron chi connectivity index (χ3n) is 2.67. The first-order valence-electron chi connectivity index (χ1n) is 5.13. The summed E-state index contributed by atoms with van der Waals surface area (Å²) >= 11 is 0. The number of halogens is 1. The molecule has 0 heterocycles. The molecular weight excluding hydrogens is 207 g/mol. The Morgan fingerprint density at radius 2 is 2.25 bits per heavy atom. The molecule has 1 atom stereocenters. The van der Waals surface area contributed by atoms with Crippen molar-refractivity contribution in [1.82, 2.24) is 0 Å². The Bertz CT molecular complexity index is 408. The molecule has 2 N–H and O–H groups in total. The second-order valence-corrected chi connectivity index (χ2v) is 4.00. The second-order valence-electron chi connectivity index (χ2n) is 4.00. The molecule has 1 rings (SSSR count). The lowest BCUT2D eigenvalue weighted by molar-refractivity contribution is 0.219. The number of nitriles is 1. The van der Waals surface area contributed by atoms with Gasteiger partial charge in [0.15, 0.2) is 0 Å². The van der Waals surface area contributed by atoms with Crippen molar-refractivity contribution in [3.8, 4) is 6.07 Å². The van der Waals surface area contributed by atoms with Crippen LogP contribution in [0.15, 0.2) is 18.2 Å². The zero-order chi connectivity index (χ0) is 12.2. The topological polar surface area (TPSA) is 56.0 Å². The first-order chi connectivity index (χ1) is 7.54. The van der Waals surface area contributed by atoms with Gasteiger partial charge in [-0.25, -0.2) is 4.39 Å². The number of aliphatic hydroxyl groups excluding tert-OH is 1. The maximum atomic E-state index is 12.9. The highest BCUT2D eigenvalue weighted by Crippen LogP contribution is 2.22. The lowest BCUT2D eigenvalue weighted by Gasteiger charge is -2.28. The summed E-state index contributed by atoms with van der Waals surface area (Å²) in [5.41, 5.74) is 0.291. The Kier molecular flexibility index (Phi) is 3.86. The Morgan fingerprint density at radius 1 is 1.56 bits per heavy atom. The molecule has 0 aliphatic heterocycles. The standard InChI is InChI=1S/C12H15FN2O/c1-3-12(2,8-16)15-11-5-4-10(13)6-9(11)7-14/h4-6,15-16H,3,8H2,1-2H3. The molecule has 1 unspecified atom stereocenters. The molecule has 0 aromatic heterocycles. The zero-order valence-corrected chi connectivity index (χ0v) is 9.42. The Balaban J connectivity index is 3.02. The molecule has 0 spiro atoms. The van der Waals surface area contributed by atoms with Crippen molar-refractivity contribution in [2.24, 2.45) is 0 Å². The summed E-state index contributed by atoms with van der Waals surface area (Å²) in [6, 6.07) is 5.90. The number of nitrogens with one attached hydrogen (secondary N) is 1. The highest BCUT2D eigenvalue weighted by molar-refractivity contribution is 5.58. The molecule has 0 bridgehead atoms. The number of hydrogen-bond acceptors (Lipinski definition) is 3. The van der Waals surface area contributed by atoms with Gasteiger partial charge in [0.1, 0.15) is 11.9 Å². The van der Waals surface area contributed by atoms with E-state index in [0.29, 0.717) is 12.1 Å². The van der Waals surface area contributed by atoms with Gasteiger partial charge in [-0.15, -0.1) is 0 Å². The van der Waals surface area contributed by atoms with Crippen molar-refractivity contribution < 1.29 is 9.50 Å². The second kappa shape index (κ2) is 4.95. The van der Waals surface area contributed by atoms with E-state index in [9.17, 15) is 9.50 Å². The van der Waals surface area contributed by atoms with Crippen LogP contribution < -0.4 is 5.32 Å². The van der Waals surface area contributed by atoms with Crippen LogP contribution in [0.2, 0.25) is 0 Å². The van der Waals surface area contributed by atoms with E-state index in [1.165, 1.54) is 18.2 Å². The minimum Gasteiger partial charge on any atom is -0.394 e. The van der Waals surface area contributed by atoms with Crippen LogP contribution in [0.3, 0.4) is 0 Å². The maximum absolute atomic E-state index is 12.9. The van der Waals surface area contributed by atoms with Crippen LogP contribution >= 0.6 is 0 Å². The van der Waals surface area contributed by atoms with Crippen LogP contribution in [0.4, 0.5) is 10.1 Å². The van der Waals surface area contributed by atoms with Crippen molar-refractivity contribution in [2.75, 3.05) is 11.9 Å². The van der Waals surface area contributed by atoms with E-state index in [0.717, 1.165) is 0 Å². The predicted molar refractivity (Wildman–Crippen MR) is 60.5 cm³/mol. The number of hydrogen-bond donors (Lipinski definition) is 2. The van der Waals surface area contributed by atoms with Crippen molar-refractivity contribution in [1.29, 1.82) is 5.26 Å². The van der Waals surface area contributed by atoms with Gasteiger partial charge in [-0.2, -0.15) is 5.26 Å². The van der Waals surface area contributed by atoms with Gasteiger partial charge in [-0.1, -0.05) is 6.92 Å². The first kappa shape index (κ1) is 12.5. The molecule has 0 amide bonds. The Hall–Kier alpha value is -1.60. The maximum Gasteiger partial charge on any atom is 0.124 e. The van der Waals surface area contributed by atoms with Crippen LogP contribution in [0.1, 0.15) is 25.8 Å². The fourth-order valence-corrected chi connectivity index (χ4v) is 1.28. The fraction of sp³-hybridized carbons (Fsp3) is 0.417. The predicted octanol–water partition coefficient (Wildman–Crippen LogP) is 2.27. The Labute approximate surface area is 94.5 Å². The number of rotatable bonds is 4. The van der Waals surface area contributed by atoms with Crippen molar-refractivity contribution >= 4 is 5.69 Å². The number of benzene rings is 1. The van der Waals surface area contributed by atoms with E-state index in [2.05, 4.69) is 5.32 Å². The van der Waals surface area contributed by atoms with Crippen molar-refractivity contribution in [2.45, 2.75) is 25.8 Å². The minimum atomic E-state index is -0.497. The third kappa shape index (κ3) is 2.71. The molecule has 1 aromatic carbocycles. The third-order valence-corrected chi connectivity index (χ3v) is 2.67. The monoisotopic (exact) mass is 222 g/mol. The summed E-state index contributed by atoms with van der Waals surface area (Å²) in [6.07, 6.45) is 0.700. The average Bonchev–Trinajstić information content (AvgIpc) is 2.31. The minimum absolute atomic E-state index is 0.0499. The number of aliphatic hydroxyl groups is 1. The summed E-state index contributed by atoms with van der Waals surface area (Å²) < 4.78 is 12.9. The van der Waals surface area contributed by atoms with Crippen molar-refractivity contribution in [3.05, 3.63) is 29.6 Å². The first-order valence-corrected chi connectivity index (χ1v) is 5.13. The van der Waals surface area contributed by atoms with E-state index in [1.807, 2.05) is 19.9 Å². The summed E-state index contributed by atoms with van der Waals surface area (Å²) in [4.78, 5) is 0. The van der Waals surface area contributed by atoms with Gasteiger partial charge >= 0.3 is 0 Å². The van der Waals surface area contributed by atoms with Crippen LogP contribution in [0.5, 0.6) is 0 Å². The molecule has 0 fully saturated rings. The zero-order valence-electron chi connectivity index (χ0n) is 9.42. The summed E-state index contributed by atoms with van der Waals surface area (Å²) in [6.45, 7) is 3.72. The molecule has 0 radical (unpaired) electrons. The van der Waals surface area contributed by atoms with E-state index >= 15 is 0 Å². The molecule has 0 aliphatic rings. The van der Waals surface area contributed by atoms with Gasteiger partial charge < -0.3 is 10.4 Å². The van der Waals surface area contributed by atoms with Crippen LogP contribution in [0, 0.1) is 17.1 Å². The quantitative estimate of drug-likeness (QED) is 0.821. The normalized spacial score (nSPS) is 13.9. The van der Waals surface area contributed by atoms with E-state index in [-0.39, 0.29) is 12.2 Å². The summed E-state index contributed by atoms with van der Waals surface area (Å²) in [7, 11) is 0. The highest BCUT2D eigenvalue weighted by atomic mass is 19.1. The van der Waals surface area contributed by atoms with Gasteiger partial charge in [-0.05, 0) is 31.5 Å². The van der Waals surface area contributed by atoms with Gasteiger partial charge in [-0.3, -0.25) is 0 Å². The van der Waals surface area contributed by atoms with E-state index in [1.54, 1.807) is 0 Å². The van der Waals surface area contributed by atoms with Gasteiger partial charge in [0.05, 0.1) is 23.4 Å². The lowest BCUT2D eigenvalue weighted by atomic mass is 9.99. The smallest absolute Gasteiger partial charge is 0.124 e. The molecule has 4 heteroatoms. The number of anilines is 1. The van der Waals surface area contributed by atoms with Gasteiger partial charge in [0.2, 0.25) is 0 Å². The summed E-state index contributed by atoms with van der Waals surface area (Å²) in [5, 5.41) is 21.2. The highest BCUT2D eigenvalue weighted by Gasteiger charge is 2.21. The molecule has 0 aliphatic carbocycles. The molecule has 0 saturated heterocycles. The van der Waals surface area contributed by atoms with Gasteiger partial charge in [0.25, 0.3) is 0 Å². The van der Waals surface area contributed by atoms with Crippen molar-refractivity contribution in [3.63, 3.8) is 0 Å². The van der Waals surface area contributed by atoms with E-state index in [4.69, 9.17) is 5.26 Å². The van der Waals surface area contributed by atoms with Gasteiger partial charge in [0, 0.05) is 0 Å². The molecule has 16 heavy (non-hydrogen) atoms. The van der Waals surface area contributed by atoms with Crippen LogP contribution in [-0.4, -0.2) is 17.3 Å². The molecular formula is C12H15FN2O. The molecule has 0 saturated carbocycles. The van der Waals surface area contributed by atoms with Crippen LogP contribution in [0.25, 0.3) is 0 Å². The number of nitrogens with zero attached hydrogens (tertiary/aromatic N) is 1. The molecule has 3 nitrogen and oxygen atoms in total. The summed E-state index contributed by atoms with van der Waals surface area (Å²) in [5.74, 6) is -0.440. The van der Waals surface area contributed by atoms with Crippen LogP contribution in [-0.2, 0) is 0 Å². The average molecular weight is 222 g/mol. The molecule has 86 valence electrons.